The summed E-state index contributed by atoms with van der Waals surface area (Å²) in [5, 5.41) is 3.65. The van der Waals surface area contributed by atoms with E-state index in [-0.39, 0.29) is 5.82 Å². The number of hydrogen-bond acceptors (Lipinski definition) is 1. The summed E-state index contributed by atoms with van der Waals surface area (Å²) < 4.78 is 14.3. The maximum Gasteiger partial charge on any atom is 0.123 e. The lowest BCUT2D eigenvalue weighted by molar-refractivity contribution is 0.628. The molecule has 0 heterocycles. The molecule has 2 heteroatoms. The lowest BCUT2D eigenvalue weighted by Crippen LogP contribution is -1.99. The van der Waals surface area contributed by atoms with Gasteiger partial charge in [-0.1, -0.05) is 72.4 Å². The fourth-order valence-electron chi connectivity index (χ4n) is 5.25. The monoisotopic (exact) mass is 431 g/mol. The first-order chi connectivity index (χ1) is 16.3. The Morgan fingerprint density at radius 2 is 1.61 bits per heavy atom. The van der Waals surface area contributed by atoms with Gasteiger partial charge in [0.2, 0.25) is 0 Å². The topological polar surface area (TPSA) is 12.0 Å². The van der Waals surface area contributed by atoms with E-state index in [0.717, 1.165) is 54.6 Å². The van der Waals surface area contributed by atoms with Crippen molar-refractivity contribution in [2.24, 2.45) is 0 Å². The molecule has 0 fully saturated rings. The molecule has 0 aromatic heterocycles. The Bertz CT molecular complexity index is 1350. The van der Waals surface area contributed by atoms with Crippen molar-refractivity contribution >= 4 is 22.5 Å². The minimum Gasteiger partial charge on any atom is -0.355 e. The lowest BCUT2D eigenvalue weighted by Gasteiger charge is -2.16. The van der Waals surface area contributed by atoms with Crippen LogP contribution in [-0.2, 0) is 6.42 Å². The van der Waals surface area contributed by atoms with Gasteiger partial charge in [-0.25, -0.2) is 4.39 Å². The quantitative estimate of drug-likeness (QED) is 0.436. The van der Waals surface area contributed by atoms with E-state index in [1.165, 1.54) is 39.5 Å². The second kappa shape index (κ2) is 8.37. The molecule has 0 saturated carbocycles. The van der Waals surface area contributed by atoms with E-state index in [4.69, 9.17) is 0 Å². The summed E-state index contributed by atoms with van der Waals surface area (Å²) in [6.45, 7) is 0. The van der Waals surface area contributed by atoms with Crippen molar-refractivity contribution in [1.82, 2.24) is 0 Å². The van der Waals surface area contributed by atoms with Crippen molar-refractivity contribution in [3.63, 3.8) is 0 Å². The number of nitrogens with one attached hydrogen (secondary N) is 1. The zero-order chi connectivity index (χ0) is 22.2. The summed E-state index contributed by atoms with van der Waals surface area (Å²) in [6, 6.07) is 20.0. The van der Waals surface area contributed by atoms with Crippen molar-refractivity contribution in [3.8, 4) is 11.1 Å². The third-order valence-electron chi connectivity index (χ3n) is 6.97. The van der Waals surface area contributed by atoms with Crippen molar-refractivity contribution in [2.75, 3.05) is 5.32 Å². The SMILES string of the molecule is Fc1ccc(Nc2cccc3c2CC2=C3C=CCC2)c(-c2ccc(C3=CC=CCC3)cc2)c1. The molecule has 3 aromatic carbocycles. The number of allylic oxidation sites excluding steroid dienone is 8. The van der Waals surface area contributed by atoms with E-state index in [1.807, 2.05) is 6.07 Å². The minimum atomic E-state index is -0.222. The highest BCUT2D eigenvalue weighted by Crippen LogP contribution is 2.43. The lowest BCUT2D eigenvalue weighted by atomic mass is 9.95. The van der Waals surface area contributed by atoms with Gasteiger partial charge in [-0.15, -0.1) is 0 Å². The summed E-state index contributed by atoms with van der Waals surface area (Å²) >= 11 is 0. The van der Waals surface area contributed by atoms with Gasteiger partial charge in [0.1, 0.15) is 5.82 Å². The number of rotatable bonds is 4. The fourth-order valence-corrected chi connectivity index (χ4v) is 5.25. The van der Waals surface area contributed by atoms with Gasteiger partial charge in [0.05, 0.1) is 0 Å². The molecule has 0 amide bonds. The van der Waals surface area contributed by atoms with Crippen molar-refractivity contribution in [1.29, 1.82) is 0 Å². The highest BCUT2D eigenvalue weighted by atomic mass is 19.1. The maximum absolute atomic E-state index is 14.3. The highest BCUT2D eigenvalue weighted by Gasteiger charge is 2.23. The molecule has 1 nitrogen and oxygen atoms in total. The summed E-state index contributed by atoms with van der Waals surface area (Å²) in [5.41, 5.74) is 12.1. The summed E-state index contributed by atoms with van der Waals surface area (Å²) in [7, 11) is 0. The van der Waals surface area contributed by atoms with E-state index in [0.29, 0.717) is 0 Å². The molecule has 0 radical (unpaired) electrons. The highest BCUT2D eigenvalue weighted by molar-refractivity contribution is 5.89. The van der Waals surface area contributed by atoms with Crippen LogP contribution in [0.15, 0.2) is 96.6 Å². The molecule has 6 rings (SSSR count). The first-order valence-electron chi connectivity index (χ1n) is 11.8. The molecule has 0 aliphatic heterocycles. The van der Waals surface area contributed by atoms with Gasteiger partial charge in [-0.05, 0) is 89.8 Å². The van der Waals surface area contributed by atoms with Crippen molar-refractivity contribution < 1.29 is 4.39 Å². The molecular weight excluding hydrogens is 405 g/mol. The number of fused-ring (bicyclic) bond motifs is 2. The molecule has 0 unspecified atom stereocenters. The Morgan fingerprint density at radius 1 is 0.758 bits per heavy atom. The second-order valence-corrected chi connectivity index (χ2v) is 9.02. The van der Waals surface area contributed by atoms with Crippen LogP contribution in [0.2, 0.25) is 0 Å². The van der Waals surface area contributed by atoms with Crippen LogP contribution in [0.4, 0.5) is 15.8 Å². The molecule has 0 bridgehead atoms. The molecule has 0 atom stereocenters. The predicted molar refractivity (Wildman–Crippen MR) is 137 cm³/mol. The van der Waals surface area contributed by atoms with E-state index in [9.17, 15) is 4.39 Å². The fraction of sp³-hybridized carbons (Fsp3) is 0.161. The van der Waals surface area contributed by atoms with Crippen LogP contribution in [0.3, 0.4) is 0 Å². The van der Waals surface area contributed by atoms with Crippen LogP contribution in [0, 0.1) is 5.82 Å². The van der Waals surface area contributed by atoms with Crippen LogP contribution in [0.5, 0.6) is 0 Å². The van der Waals surface area contributed by atoms with Crippen LogP contribution in [0.1, 0.15) is 42.4 Å². The molecule has 0 saturated heterocycles. The van der Waals surface area contributed by atoms with Crippen LogP contribution >= 0.6 is 0 Å². The molecule has 33 heavy (non-hydrogen) atoms. The Morgan fingerprint density at radius 3 is 2.45 bits per heavy atom. The average molecular weight is 432 g/mol. The Kier molecular flexibility index (Phi) is 5.07. The van der Waals surface area contributed by atoms with Crippen molar-refractivity contribution in [2.45, 2.75) is 32.1 Å². The summed E-state index contributed by atoms with van der Waals surface area (Å²) in [6.07, 6.45) is 16.5. The van der Waals surface area contributed by atoms with Gasteiger partial charge in [-0.3, -0.25) is 0 Å². The molecule has 3 aliphatic carbocycles. The first kappa shape index (κ1) is 20.0. The molecule has 162 valence electrons. The third-order valence-corrected chi connectivity index (χ3v) is 6.97. The number of benzene rings is 3. The third kappa shape index (κ3) is 3.76. The Hall–Kier alpha value is -3.65. The van der Waals surface area contributed by atoms with Gasteiger partial charge in [-0.2, -0.15) is 0 Å². The smallest absolute Gasteiger partial charge is 0.123 e. The Balaban J connectivity index is 1.34. The molecule has 0 spiro atoms. The molecule has 3 aromatic rings. The van der Waals surface area contributed by atoms with E-state index in [1.54, 1.807) is 6.07 Å². The molecule has 1 N–H and O–H groups in total. The van der Waals surface area contributed by atoms with Crippen LogP contribution in [-0.4, -0.2) is 0 Å². The van der Waals surface area contributed by atoms with E-state index in [2.05, 4.69) is 78.2 Å². The number of halogens is 1. The standard InChI is InChI=1S/C31H26FN/c32-25-17-18-31(28(20-25)23-15-13-22(14-16-23)21-7-2-1-3-8-21)33-30-12-6-11-27-26-10-5-4-9-24(26)19-29(27)30/h1-2,5-7,10-18,20,33H,3-4,8-9,19H2. The van der Waals surface area contributed by atoms with Gasteiger partial charge in [0, 0.05) is 16.9 Å². The summed E-state index contributed by atoms with van der Waals surface area (Å²) in [4.78, 5) is 0. The van der Waals surface area contributed by atoms with E-state index < -0.39 is 0 Å². The average Bonchev–Trinajstić information content (AvgIpc) is 3.26. The van der Waals surface area contributed by atoms with Gasteiger partial charge in [0.15, 0.2) is 0 Å². The minimum absolute atomic E-state index is 0.222. The van der Waals surface area contributed by atoms with Gasteiger partial charge >= 0.3 is 0 Å². The van der Waals surface area contributed by atoms with Crippen LogP contribution < -0.4 is 5.32 Å². The normalized spacial score (nSPS) is 16.5. The van der Waals surface area contributed by atoms with Gasteiger partial charge < -0.3 is 5.32 Å². The predicted octanol–water partition coefficient (Wildman–Crippen LogP) is 8.63. The van der Waals surface area contributed by atoms with E-state index >= 15 is 0 Å². The Labute approximate surface area is 194 Å². The largest absolute Gasteiger partial charge is 0.355 e. The van der Waals surface area contributed by atoms with Crippen LogP contribution in [0.25, 0.3) is 22.3 Å². The molecular formula is C31H26FN. The van der Waals surface area contributed by atoms with Crippen molar-refractivity contribution in [3.05, 3.63) is 119 Å². The maximum atomic E-state index is 14.3. The number of hydrogen-bond donors (Lipinski definition) is 1. The van der Waals surface area contributed by atoms with Gasteiger partial charge in [0.25, 0.3) is 0 Å². The number of anilines is 2. The summed E-state index contributed by atoms with van der Waals surface area (Å²) in [5.74, 6) is -0.222. The zero-order valence-electron chi connectivity index (χ0n) is 18.6. The zero-order valence-corrected chi connectivity index (χ0v) is 18.6. The molecule has 3 aliphatic rings. The second-order valence-electron chi connectivity index (χ2n) is 9.02. The first-order valence-corrected chi connectivity index (χ1v) is 11.8.